The van der Waals surface area contributed by atoms with Crippen LogP contribution in [0.3, 0.4) is 0 Å². The molecule has 0 atom stereocenters. The van der Waals surface area contributed by atoms with Gasteiger partial charge in [-0.05, 0) is 36.4 Å². The van der Waals surface area contributed by atoms with E-state index in [2.05, 4.69) is 15.3 Å². The summed E-state index contributed by atoms with van der Waals surface area (Å²) in [7, 11) is 0. The van der Waals surface area contributed by atoms with Crippen molar-refractivity contribution < 1.29 is 4.79 Å². The normalized spacial score (nSPS) is 10.3. The number of nitrogens with zero attached hydrogens (tertiary/aromatic N) is 2. The molecule has 3 rings (SSSR count). The SMILES string of the molecule is O=C(Nc1ccc(Cl)nc1)c1ccc(-c2ncccc2Cl)cc1. The first-order valence-corrected chi connectivity index (χ1v) is 7.53. The van der Waals surface area contributed by atoms with Gasteiger partial charge in [-0.1, -0.05) is 35.3 Å². The Morgan fingerprint density at radius 2 is 1.74 bits per heavy atom. The number of carbonyl (C=O) groups excluding carboxylic acids is 1. The highest BCUT2D eigenvalue weighted by Crippen LogP contribution is 2.25. The van der Waals surface area contributed by atoms with E-state index in [-0.39, 0.29) is 5.91 Å². The van der Waals surface area contributed by atoms with Crippen LogP contribution in [-0.2, 0) is 0 Å². The van der Waals surface area contributed by atoms with Gasteiger partial charge in [0.05, 0.1) is 22.6 Å². The highest BCUT2D eigenvalue weighted by molar-refractivity contribution is 6.33. The van der Waals surface area contributed by atoms with E-state index in [9.17, 15) is 4.79 Å². The molecule has 0 fully saturated rings. The van der Waals surface area contributed by atoms with Crippen LogP contribution < -0.4 is 5.32 Å². The molecule has 1 amide bonds. The van der Waals surface area contributed by atoms with Crippen LogP contribution in [-0.4, -0.2) is 15.9 Å². The number of anilines is 1. The summed E-state index contributed by atoms with van der Waals surface area (Å²) < 4.78 is 0. The topological polar surface area (TPSA) is 54.9 Å². The number of hydrogen-bond acceptors (Lipinski definition) is 3. The lowest BCUT2D eigenvalue weighted by Gasteiger charge is -2.07. The van der Waals surface area contributed by atoms with E-state index in [0.29, 0.717) is 27.1 Å². The van der Waals surface area contributed by atoms with E-state index in [1.165, 1.54) is 6.20 Å². The molecule has 0 aliphatic rings. The Bertz CT molecular complexity index is 833. The van der Waals surface area contributed by atoms with Gasteiger partial charge >= 0.3 is 0 Å². The van der Waals surface area contributed by atoms with Gasteiger partial charge in [-0.15, -0.1) is 0 Å². The minimum Gasteiger partial charge on any atom is -0.321 e. The Labute approximate surface area is 143 Å². The van der Waals surface area contributed by atoms with Gasteiger partial charge in [0, 0.05) is 17.3 Å². The first-order chi connectivity index (χ1) is 11.1. The highest BCUT2D eigenvalue weighted by atomic mass is 35.5. The highest BCUT2D eigenvalue weighted by Gasteiger charge is 2.09. The maximum Gasteiger partial charge on any atom is 0.255 e. The molecule has 2 heterocycles. The molecule has 23 heavy (non-hydrogen) atoms. The summed E-state index contributed by atoms with van der Waals surface area (Å²) in [5, 5.41) is 3.70. The molecule has 0 saturated heterocycles. The zero-order valence-corrected chi connectivity index (χ0v) is 13.3. The molecule has 0 unspecified atom stereocenters. The van der Waals surface area contributed by atoms with E-state index in [1.54, 1.807) is 42.6 Å². The molecule has 1 aromatic carbocycles. The van der Waals surface area contributed by atoms with Gasteiger partial charge < -0.3 is 5.32 Å². The van der Waals surface area contributed by atoms with E-state index < -0.39 is 0 Å². The monoisotopic (exact) mass is 343 g/mol. The number of rotatable bonds is 3. The molecule has 1 N–H and O–H groups in total. The summed E-state index contributed by atoms with van der Waals surface area (Å²) in [6.07, 6.45) is 3.18. The summed E-state index contributed by atoms with van der Waals surface area (Å²) >= 11 is 11.8. The summed E-state index contributed by atoms with van der Waals surface area (Å²) in [5.41, 5.74) is 2.63. The largest absolute Gasteiger partial charge is 0.321 e. The number of benzene rings is 1. The molecule has 6 heteroatoms. The predicted octanol–water partition coefficient (Wildman–Crippen LogP) is 4.70. The van der Waals surface area contributed by atoms with Crippen LogP contribution in [0.25, 0.3) is 11.3 Å². The first kappa shape index (κ1) is 15.5. The van der Waals surface area contributed by atoms with E-state index in [1.807, 2.05) is 12.1 Å². The second-order valence-corrected chi connectivity index (χ2v) is 5.53. The second kappa shape index (κ2) is 6.77. The van der Waals surface area contributed by atoms with Gasteiger partial charge in [0.2, 0.25) is 0 Å². The molecule has 114 valence electrons. The fourth-order valence-electron chi connectivity index (χ4n) is 2.03. The van der Waals surface area contributed by atoms with Crippen LogP contribution in [0.4, 0.5) is 5.69 Å². The number of carbonyl (C=O) groups is 1. The minimum absolute atomic E-state index is 0.229. The van der Waals surface area contributed by atoms with Gasteiger partial charge in [0.15, 0.2) is 0 Å². The average molecular weight is 344 g/mol. The molecular formula is C17H11Cl2N3O. The van der Waals surface area contributed by atoms with Crippen molar-refractivity contribution in [2.75, 3.05) is 5.32 Å². The lowest BCUT2D eigenvalue weighted by Crippen LogP contribution is -2.11. The number of pyridine rings is 2. The third-order valence-electron chi connectivity index (χ3n) is 3.16. The van der Waals surface area contributed by atoms with Crippen molar-refractivity contribution in [1.82, 2.24) is 9.97 Å². The van der Waals surface area contributed by atoms with Crippen LogP contribution in [0.5, 0.6) is 0 Å². The van der Waals surface area contributed by atoms with E-state index in [0.717, 1.165) is 5.56 Å². The number of aromatic nitrogens is 2. The maximum atomic E-state index is 12.2. The molecule has 0 radical (unpaired) electrons. The maximum absolute atomic E-state index is 12.2. The van der Waals surface area contributed by atoms with Crippen LogP contribution in [0, 0.1) is 0 Å². The zero-order chi connectivity index (χ0) is 16.2. The quantitative estimate of drug-likeness (QED) is 0.701. The van der Waals surface area contributed by atoms with Crippen molar-refractivity contribution in [1.29, 1.82) is 0 Å². The molecule has 0 bridgehead atoms. The van der Waals surface area contributed by atoms with Crippen molar-refractivity contribution in [3.63, 3.8) is 0 Å². The molecule has 4 nitrogen and oxygen atoms in total. The van der Waals surface area contributed by atoms with Crippen molar-refractivity contribution in [2.24, 2.45) is 0 Å². The van der Waals surface area contributed by atoms with E-state index in [4.69, 9.17) is 23.2 Å². The Balaban J connectivity index is 1.78. The number of amides is 1. The Morgan fingerprint density at radius 3 is 2.39 bits per heavy atom. The summed E-state index contributed by atoms with van der Waals surface area (Å²) in [6, 6.07) is 13.9. The molecule has 2 aromatic heterocycles. The van der Waals surface area contributed by atoms with Gasteiger partial charge in [-0.3, -0.25) is 9.78 Å². The predicted molar refractivity (Wildman–Crippen MR) is 91.9 cm³/mol. The molecule has 0 aliphatic heterocycles. The fraction of sp³-hybridized carbons (Fsp3) is 0. The average Bonchev–Trinajstić information content (AvgIpc) is 2.57. The Morgan fingerprint density at radius 1 is 0.957 bits per heavy atom. The number of hydrogen-bond donors (Lipinski definition) is 1. The van der Waals surface area contributed by atoms with Crippen molar-refractivity contribution >= 4 is 34.8 Å². The van der Waals surface area contributed by atoms with Crippen molar-refractivity contribution in [2.45, 2.75) is 0 Å². The molecule has 0 saturated carbocycles. The van der Waals surface area contributed by atoms with Crippen LogP contribution in [0.15, 0.2) is 60.9 Å². The smallest absolute Gasteiger partial charge is 0.255 e. The Hall–Kier alpha value is -2.43. The van der Waals surface area contributed by atoms with Gasteiger partial charge in [0.25, 0.3) is 5.91 Å². The van der Waals surface area contributed by atoms with Crippen LogP contribution in [0.2, 0.25) is 10.2 Å². The van der Waals surface area contributed by atoms with Crippen LogP contribution in [0.1, 0.15) is 10.4 Å². The lowest BCUT2D eigenvalue weighted by atomic mass is 10.1. The van der Waals surface area contributed by atoms with Crippen molar-refractivity contribution in [3.05, 3.63) is 76.7 Å². The number of nitrogens with one attached hydrogen (secondary N) is 1. The first-order valence-electron chi connectivity index (χ1n) is 6.77. The third-order valence-corrected chi connectivity index (χ3v) is 3.69. The molecular weight excluding hydrogens is 333 g/mol. The van der Waals surface area contributed by atoms with Gasteiger partial charge in [-0.2, -0.15) is 0 Å². The Kier molecular flexibility index (Phi) is 4.55. The second-order valence-electron chi connectivity index (χ2n) is 4.73. The standard InChI is InChI=1S/C17H11Cl2N3O/c18-14-2-1-9-20-16(14)11-3-5-12(6-4-11)17(23)22-13-7-8-15(19)21-10-13/h1-10H,(H,22,23). The number of halogens is 2. The van der Waals surface area contributed by atoms with Crippen LogP contribution >= 0.6 is 23.2 Å². The zero-order valence-electron chi connectivity index (χ0n) is 11.8. The summed E-state index contributed by atoms with van der Waals surface area (Å²) in [4.78, 5) is 20.4. The summed E-state index contributed by atoms with van der Waals surface area (Å²) in [6.45, 7) is 0. The van der Waals surface area contributed by atoms with Gasteiger partial charge in [-0.25, -0.2) is 4.98 Å². The lowest BCUT2D eigenvalue weighted by molar-refractivity contribution is 0.102. The third kappa shape index (κ3) is 3.67. The van der Waals surface area contributed by atoms with Crippen molar-refractivity contribution in [3.8, 4) is 11.3 Å². The molecule has 0 aliphatic carbocycles. The molecule has 3 aromatic rings. The summed E-state index contributed by atoms with van der Waals surface area (Å²) in [5.74, 6) is -0.229. The van der Waals surface area contributed by atoms with E-state index >= 15 is 0 Å². The minimum atomic E-state index is -0.229. The van der Waals surface area contributed by atoms with Gasteiger partial charge in [0.1, 0.15) is 5.15 Å². The fourth-order valence-corrected chi connectivity index (χ4v) is 2.37. The molecule has 0 spiro atoms.